The molecule has 2 fully saturated rings. The van der Waals surface area contributed by atoms with Crippen LogP contribution in [-0.4, -0.2) is 28.6 Å². The third kappa shape index (κ3) is 2.11. The van der Waals surface area contributed by atoms with Crippen LogP contribution in [0, 0.1) is 5.92 Å². The van der Waals surface area contributed by atoms with Crippen LogP contribution < -0.4 is 5.32 Å². The highest BCUT2D eigenvalue weighted by Crippen LogP contribution is 2.49. The van der Waals surface area contributed by atoms with Crippen molar-refractivity contribution in [1.82, 2.24) is 5.32 Å². The summed E-state index contributed by atoms with van der Waals surface area (Å²) in [6, 6.07) is 21.7. The van der Waals surface area contributed by atoms with Gasteiger partial charge < -0.3 is 9.87 Å². The van der Waals surface area contributed by atoms with Gasteiger partial charge in [-0.3, -0.25) is 0 Å². The van der Waals surface area contributed by atoms with Gasteiger partial charge in [0.1, 0.15) is 11.0 Å². The first-order chi connectivity index (χ1) is 10.8. The molecule has 2 aliphatic heterocycles. The molecule has 2 heterocycles. The second-order valence-electron chi connectivity index (χ2n) is 6.34. The third-order valence-corrected chi connectivity index (χ3v) is 7.18. The molecule has 2 aromatic rings. The average Bonchev–Trinajstić information content (AvgIpc) is 3.08. The van der Waals surface area contributed by atoms with Crippen LogP contribution in [0.5, 0.6) is 0 Å². The predicted octanol–water partition coefficient (Wildman–Crippen LogP) is 2.71. The van der Waals surface area contributed by atoms with Crippen LogP contribution in [-0.2, 0) is 16.6 Å². The second-order valence-corrected chi connectivity index (χ2v) is 8.12. The average molecular weight is 311 g/mol. The van der Waals surface area contributed by atoms with Crippen molar-refractivity contribution in [3.8, 4) is 0 Å². The lowest BCUT2D eigenvalue weighted by Crippen LogP contribution is -2.51. The Balaban J connectivity index is 1.90. The fourth-order valence-electron chi connectivity index (χ4n) is 4.38. The smallest absolute Gasteiger partial charge is 0.133 e. The molecule has 1 N–H and O–H groups in total. The van der Waals surface area contributed by atoms with Crippen molar-refractivity contribution in [3.05, 3.63) is 71.8 Å². The number of hydrogen-bond donors (Lipinski definition) is 1. The molecule has 2 aromatic carbocycles. The molecule has 4 rings (SSSR count). The van der Waals surface area contributed by atoms with Crippen molar-refractivity contribution < 1.29 is 4.55 Å². The minimum Gasteiger partial charge on any atom is -0.616 e. The molecular weight excluding hydrogens is 290 g/mol. The molecule has 0 bridgehead atoms. The number of benzene rings is 2. The van der Waals surface area contributed by atoms with Gasteiger partial charge in [0.2, 0.25) is 0 Å². The van der Waals surface area contributed by atoms with Crippen LogP contribution >= 0.6 is 0 Å². The lowest BCUT2D eigenvalue weighted by atomic mass is 9.63. The van der Waals surface area contributed by atoms with E-state index in [1.807, 2.05) is 0 Å². The summed E-state index contributed by atoms with van der Waals surface area (Å²) in [5.41, 5.74) is 2.73. The third-order valence-electron chi connectivity index (χ3n) is 5.40. The Kier molecular flexibility index (Phi) is 3.73. The van der Waals surface area contributed by atoms with Crippen LogP contribution in [0.15, 0.2) is 60.7 Å². The first kappa shape index (κ1) is 14.3. The van der Waals surface area contributed by atoms with E-state index in [2.05, 4.69) is 66.0 Å². The summed E-state index contributed by atoms with van der Waals surface area (Å²) in [4.78, 5) is 0. The van der Waals surface area contributed by atoms with Crippen LogP contribution in [0.4, 0.5) is 0 Å². The Morgan fingerprint density at radius 2 is 1.50 bits per heavy atom. The predicted molar refractivity (Wildman–Crippen MR) is 91.4 cm³/mol. The summed E-state index contributed by atoms with van der Waals surface area (Å²) in [7, 11) is 0. The van der Waals surface area contributed by atoms with E-state index in [1.54, 1.807) is 0 Å². The number of hydrogen-bond acceptors (Lipinski definition) is 2. The molecule has 2 nitrogen and oxygen atoms in total. The highest BCUT2D eigenvalue weighted by atomic mass is 32.2. The number of rotatable bonds is 2. The number of fused-ring (bicyclic) bond motifs is 1. The quantitative estimate of drug-likeness (QED) is 0.866. The van der Waals surface area contributed by atoms with Gasteiger partial charge in [0, 0.05) is 30.8 Å². The van der Waals surface area contributed by atoms with Crippen molar-refractivity contribution in [3.63, 3.8) is 0 Å². The minimum absolute atomic E-state index is 0.00933. The molecule has 3 unspecified atom stereocenters. The van der Waals surface area contributed by atoms with Gasteiger partial charge >= 0.3 is 0 Å². The van der Waals surface area contributed by atoms with Crippen molar-refractivity contribution >= 4 is 11.2 Å². The van der Waals surface area contributed by atoms with Gasteiger partial charge in [-0.1, -0.05) is 60.7 Å². The van der Waals surface area contributed by atoms with E-state index in [0.29, 0.717) is 5.92 Å². The van der Waals surface area contributed by atoms with Crippen molar-refractivity contribution in [1.29, 1.82) is 0 Å². The van der Waals surface area contributed by atoms with Gasteiger partial charge in [-0.15, -0.1) is 0 Å². The highest BCUT2D eigenvalue weighted by molar-refractivity contribution is 7.92. The van der Waals surface area contributed by atoms with E-state index in [0.717, 1.165) is 25.3 Å². The lowest BCUT2D eigenvalue weighted by Gasteiger charge is -2.46. The molecule has 0 aliphatic carbocycles. The Bertz CT molecular complexity index is 591. The maximum absolute atomic E-state index is 12.5. The molecule has 3 heteroatoms. The largest absolute Gasteiger partial charge is 0.616 e. The number of nitrogens with one attached hydrogen (secondary N) is 1. The molecular formula is C19H21NOS. The van der Waals surface area contributed by atoms with E-state index in [4.69, 9.17) is 0 Å². The Morgan fingerprint density at radius 3 is 2.09 bits per heavy atom. The molecule has 2 aliphatic rings. The Hall–Kier alpha value is -1.29. The van der Waals surface area contributed by atoms with E-state index >= 15 is 0 Å². The lowest BCUT2D eigenvalue weighted by molar-refractivity contribution is 0.316. The fourth-order valence-corrected chi connectivity index (χ4v) is 6.20. The first-order valence-electron chi connectivity index (χ1n) is 8.01. The summed E-state index contributed by atoms with van der Waals surface area (Å²) < 4.78 is 12.5. The normalized spacial score (nSPS) is 30.0. The van der Waals surface area contributed by atoms with E-state index < -0.39 is 11.2 Å². The molecule has 2 saturated heterocycles. The summed E-state index contributed by atoms with van der Waals surface area (Å²) in [6.45, 7) is 1.85. The maximum atomic E-state index is 12.5. The summed E-state index contributed by atoms with van der Waals surface area (Å²) in [5.74, 6) is 1.21. The van der Waals surface area contributed by atoms with Crippen molar-refractivity contribution in [2.45, 2.75) is 17.1 Å². The molecule has 22 heavy (non-hydrogen) atoms. The SMILES string of the molecule is [O-][S+]1CCC(c2ccccc2)(c2ccccc2)C2CNCC21. The highest BCUT2D eigenvalue weighted by Gasteiger charge is 2.55. The van der Waals surface area contributed by atoms with Gasteiger partial charge in [0.05, 0.1) is 0 Å². The van der Waals surface area contributed by atoms with Crippen molar-refractivity contribution in [2.75, 3.05) is 18.8 Å². The van der Waals surface area contributed by atoms with Crippen LogP contribution in [0.1, 0.15) is 17.5 Å². The van der Waals surface area contributed by atoms with E-state index in [1.165, 1.54) is 11.1 Å². The standard InChI is InChI=1S/C19H21NOS/c21-22-12-11-19(15-7-3-1-4-8-15,16-9-5-2-6-10-16)17-13-20-14-18(17)22/h1-10,17-18,20H,11-14H2. The van der Waals surface area contributed by atoms with Crippen LogP contribution in [0.2, 0.25) is 0 Å². The van der Waals surface area contributed by atoms with E-state index in [-0.39, 0.29) is 10.7 Å². The van der Waals surface area contributed by atoms with Gasteiger partial charge in [0.25, 0.3) is 0 Å². The molecule has 0 saturated carbocycles. The monoisotopic (exact) mass is 311 g/mol. The topological polar surface area (TPSA) is 35.1 Å². The zero-order valence-corrected chi connectivity index (χ0v) is 13.4. The molecule has 0 radical (unpaired) electrons. The molecule has 114 valence electrons. The van der Waals surface area contributed by atoms with Gasteiger partial charge in [-0.25, -0.2) is 0 Å². The zero-order valence-electron chi connectivity index (χ0n) is 12.6. The van der Waals surface area contributed by atoms with E-state index in [9.17, 15) is 4.55 Å². The second kappa shape index (κ2) is 5.73. The molecule has 3 atom stereocenters. The van der Waals surface area contributed by atoms with Crippen molar-refractivity contribution in [2.24, 2.45) is 5.92 Å². The molecule has 0 amide bonds. The Morgan fingerprint density at radius 1 is 0.909 bits per heavy atom. The van der Waals surface area contributed by atoms with Gasteiger partial charge in [0.15, 0.2) is 0 Å². The summed E-state index contributed by atoms with van der Waals surface area (Å²) in [6.07, 6.45) is 0.969. The summed E-state index contributed by atoms with van der Waals surface area (Å²) >= 11 is -0.702. The van der Waals surface area contributed by atoms with Crippen LogP contribution in [0.25, 0.3) is 0 Å². The van der Waals surface area contributed by atoms with Gasteiger partial charge in [-0.2, -0.15) is 0 Å². The minimum atomic E-state index is -0.702. The maximum Gasteiger partial charge on any atom is 0.133 e. The fraction of sp³-hybridized carbons (Fsp3) is 0.368. The van der Waals surface area contributed by atoms with Gasteiger partial charge in [-0.05, 0) is 22.3 Å². The zero-order chi connectivity index (χ0) is 15.0. The van der Waals surface area contributed by atoms with Crippen LogP contribution in [0.3, 0.4) is 0 Å². The Labute approximate surface area is 135 Å². The first-order valence-corrected chi connectivity index (χ1v) is 9.39. The molecule has 0 spiro atoms. The molecule has 0 aromatic heterocycles. The summed E-state index contributed by atoms with van der Waals surface area (Å²) in [5, 5.41) is 3.77.